The van der Waals surface area contributed by atoms with Gasteiger partial charge in [-0.1, -0.05) is 33.6 Å². The van der Waals surface area contributed by atoms with Crippen LogP contribution in [0.4, 0.5) is 5.69 Å². The van der Waals surface area contributed by atoms with Crippen molar-refractivity contribution in [3.63, 3.8) is 0 Å². The van der Waals surface area contributed by atoms with Gasteiger partial charge in [0.25, 0.3) is 0 Å². The summed E-state index contributed by atoms with van der Waals surface area (Å²) in [5, 5.41) is 0.567. The first kappa shape index (κ1) is 12.3. The number of hydrogen-bond donors (Lipinski definition) is 1. The molecule has 0 saturated heterocycles. The largest absolute Gasteiger partial charge is 0.489 e. The molecule has 0 aliphatic heterocycles. The minimum absolute atomic E-state index is 0.475. The lowest BCUT2D eigenvalue weighted by atomic mass is 10.2. The summed E-state index contributed by atoms with van der Waals surface area (Å²) >= 11 is 9.22. The number of ether oxygens (including phenoxy) is 1. The smallest absolute Gasteiger partial charge is 0.119 e. The van der Waals surface area contributed by atoms with Crippen LogP contribution in [-0.2, 0) is 6.61 Å². The quantitative estimate of drug-likeness (QED) is 0.859. The van der Waals surface area contributed by atoms with E-state index in [1.165, 1.54) is 0 Å². The Bertz CT molecular complexity index is 513. The van der Waals surface area contributed by atoms with E-state index in [0.29, 0.717) is 17.3 Å². The first-order valence-electron chi connectivity index (χ1n) is 5.07. The molecule has 0 saturated carbocycles. The van der Waals surface area contributed by atoms with E-state index in [9.17, 15) is 0 Å². The Morgan fingerprint density at radius 3 is 2.47 bits per heavy atom. The average Bonchev–Trinajstić information content (AvgIpc) is 2.33. The number of anilines is 1. The van der Waals surface area contributed by atoms with Gasteiger partial charge in [-0.05, 0) is 42.0 Å². The molecule has 0 fully saturated rings. The minimum atomic E-state index is 0.475. The van der Waals surface area contributed by atoms with Gasteiger partial charge in [0.05, 0.1) is 10.7 Å². The molecule has 0 bridgehead atoms. The predicted octanol–water partition coefficient (Wildman–Crippen LogP) is 4.26. The zero-order valence-corrected chi connectivity index (χ0v) is 11.3. The van der Waals surface area contributed by atoms with Crippen LogP contribution in [0.3, 0.4) is 0 Å². The summed E-state index contributed by atoms with van der Waals surface area (Å²) in [6.07, 6.45) is 0. The van der Waals surface area contributed by atoms with Crippen molar-refractivity contribution in [2.24, 2.45) is 0 Å². The first-order chi connectivity index (χ1) is 8.15. The van der Waals surface area contributed by atoms with Crippen molar-refractivity contribution in [3.8, 4) is 5.75 Å². The molecule has 2 aromatic rings. The maximum atomic E-state index is 5.84. The molecule has 0 heterocycles. The molecule has 0 aromatic heterocycles. The Balaban J connectivity index is 2.02. The number of rotatable bonds is 3. The van der Waals surface area contributed by atoms with E-state index < -0.39 is 0 Å². The van der Waals surface area contributed by atoms with Gasteiger partial charge in [-0.15, -0.1) is 0 Å². The van der Waals surface area contributed by atoms with Gasteiger partial charge in [0.1, 0.15) is 12.4 Å². The Morgan fingerprint density at radius 1 is 1.12 bits per heavy atom. The summed E-state index contributed by atoms with van der Waals surface area (Å²) in [6, 6.07) is 13.2. The van der Waals surface area contributed by atoms with E-state index in [1.807, 2.05) is 36.4 Å². The molecular weight excluding hydrogens is 302 g/mol. The molecule has 0 unspecified atom stereocenters. The van der Waals surface area contributed by atoms with Crippen molar-refractivity contribution >= 4 is 33.2 Å². The van der Waals surface area contributed by atoms with Crippen molar-refractivity contribution in [3.05, 3.63) is 57.5 Å². The molecule has 17 heavy (non-hydrogen) atoms. The second kappa shape index (κ2) is 5.43. The van der Waals surface area contributed by atoms with Crippen LogP contribution in [0.1, 0.15) is 5.56 Å². The number of nitrogens with two attached hydrogens (primary N) is 1. The van der Waals surface area contributed by atoms with E-state index in [4.69, 9.17) is 22.1 Å². The Kier molecular flexibility index (Phi) is 3.92. The van der Waals surface area contributed by atoms with Gasteiger partial charge in [-0.2, -0.15) is 0 Å². The summed E-state index contributed by atoms with van der Waals surface area (Å²) in [7, 11) is 0. The highest BCUT2D eigenvalue weighted by Crippen LogP contribution is 2.21. The van der Waals surface area contributed by atoms with E-state index in [0.717, 1.165) is 15.8 Å². The summed E-state index contributed by atoms with van der Waals surface area (Å²) in [6.45, 7) is 0.475. The minimum Gasteiger partial charge on any atom is -0.489 e. The predicted molar refractivity (Wildman–Crippen MR) is 74.3 cm³/mol. The molecule has 0 aliphatic carbocycles. The van der Waals surface area contributed by atoms with Crippen LogP contribution in [0, 0.1) is 0 Å². The van der Waals surface area contributed by atoms with Crippen LogP contribution in [0.25, 0.3) is 0 Å². The maximum Gasteiger partial charge on any atom is 0.119 e. The second-order valence-electron chi connectivity index (χ2n) is 3.60. The van der Waals surface area contributed by atoms with Crippen LogP contribution in [0.2, 0.25) is 5.02 Å². The van der Waals surface area contributed by atoms with Gasteiger partial charge in [0.15, 0.2) is 0 Å². The number of benzene rings is 2. The zero-order valence-electron chi connectivity index (χ0n) is 8.99. The van der Waals surface area contributed by atoms with Crippen LogP contribution >= 0.6 is 27.5 Å². The normalized spacial score (nSPS) is 10.2. The van der Waals surface area contributed by atoms with Crippen molar-refractivity contribution < 1.29 is 4.74 Å². The van der Waals surface area contributed by atoms with E-state index in [2.05, 4.69) is 15.9 Å². The summed E-state index contributed by atoms with van der Waals surface area (Å²) in [5.74, 6) is 0.821. The maximum absolute atomic E-state index is 5.84. The van der Waals surface area contributed by atoms with Gasteiger partial charge in [0.2, 0.25) is 0 Å². The molecule has 0 atom stereocenters. The van der Waals surface area contributed by atoms with Crippen molar-refractivity contribution in [1.82, 2.24) is 0 Å². The molecular formula is C13H11BrClNO. The standard InChI is InChI=1S/C13H11BrClNO/c14-10-2-4-11(5-3-10)17-8-9-1-6-12(15)13(16)7-9/h1-7H,8,16H2. The lowest BCUT2D eigenvalue weighted by molar-refractivity contribution is 0.306. The van der Waals surface area contributed by atoms with Crippen LogP contribution in [-0.4, -0.2) is 0 Å². The highest BCUT2D eigenvalue weighted by Gasteiger charge is 2.00. The molecule has 2 rings (SSSR count). The third-order valence-electron chi connectivity index (χ3n) is 2.28. The molecule has 0 aliphatic rings. The van der Waals surface area contributed by atoms with Crippen molar-refractivity contribution in [1.29, 1.82) is 0 Å². The van der Waals surface area contributed by atoms with Gasteiger partial charge >= 0.3 is 0 Å². The van der Waals surface area contributed by atoms with E-state index in [-0.39, 0.29) is 0 Å². The number of nitrogen functional groups attached to an aromatic ring is 1. The van der Waals surface area contributed by atoms with Crippen molar-refractivity contribution in [2.45, 2.75) is 6.61 Å². The Hall–Kier alpha value is -1.19. The molecule has 88 valence electrons. The fourth-order valence-electron chi connectivity index (χ4n) is 1.38. The Morgan fingerprint density at radius 2 is 1.82 bits per heavy atom. The molecule has 2 aromatic carbocycles. The molecule has 4 heteroatoms. The van der Waals surface area contributed by atoms with E-state index >= 15 is 0 Å². The average molecular weight is 313 g/mol. The molecule has 2 nitrogen and oxygen atoms in total. The van der Waals surface area contributed by atoms with Gasteiger partial charge in [0, 0.05) is 4.47 Å². The molecule has 0 radical (unpaired) electrons. The van der Waals surface area contributed by atoms with E-state index in [1.54, 1.807) is 6.07 Å². The fraction of sp³-hybridized carbons (Fsp3) is 0.0769. The van der Waals surface area contributed by atoms with Crippen LogP contribution in [0.5, 0.6) is 5.75 Å². The first-order valence-corrected chi connectivity index (χ1v) is 6.24. The lowest BCUT2D eigenvalue weighted by Gasteiger charge is -2.07. The summed E-state index contributed by atoms with van der Waals surface area (Å²) in [4.78, 5) is 0. The highest BCUT2D eigenvalue weighted by atomic mass is 79.9. The fourth-order valence-corrected chi connectivity index (χ4v) is 1.76. The molecule has 2 N–H and O–H groups in total. The summed E-state index contributed by atoms with van der Waals surface area (Å²) in [5.41, 5.74) is 7.28. The number of halogens is 2. The number of hydrogen-bond acceptors (Lipinski definition) is 2. The van der Waals surface area contributed by atoms with Crippen LogP contribution < -0.4 is 10.5 Å². The van der Waals surface area contributed by atoms with Gasteiger partial charge in [-0.25, -0.2) is 0 Å². The van der Waals surface area contributed by atoms with Crippen molar-refractivity contribution in [2.75, 3.05) is 5.73 Å². The zero-order chi connectivity index (χ0) is 12.3. The topological polar surface area (TPSA) is 35.2 Å². The summed E-state index contributed by atoms with van der Waals surface area (Å²) < 4.78 is 6.65. The molecule has 0 amide bonds. The monoisotopic (exact) mass is 311 g/mol. The third-order valence-corrected chi connectivity index (χ3v) is 3.15. The van der Waals surface area contributed by atoms with Gasteiger partial charge < -0.3 is 10.5 Å². The Labute approximate surface area is 113 Å². The van der Waals surface area contributed by atoms with Gasteiger partial charge in [-0.3, -0.25) is 0 Å². The SMILES string of the molecule is Nc1cc(COc2ccc(Br)cc2)ccc1Cl. The lowest BCUT2D eigenvalue weighted by Crippen LogP contribution is -1.97. The second-order valence-corrected chi connectivity index (χ2v) is 4.92. The highest BCUT2D eigenvalue weighted by molar-refractivity contribution is 9.10. The third kappa shape index (κ3) is 3.38. The molecule has 0 spiro atoms. The van der Waals surface area contributed by atoms with Crippen LogP contribution in [0.15, 0.2) is 46.9 Å².